The van der Waals surface area contributed by atoms with E-state index < -0.39 is 0 Å². The van der Waals surface area contributed by atoms with Crippen molar-refractivity contribution in [3.05, 3.63) is 35.9 Å². The molecule has 0 aromatic heterocycles. The Balaban J connectivity index is 1.65. The number of nitrogens with one attached hydrogen (secondary N) is 1. The van der Waals surface area contributed by atoms with Crippen LogP contribution in [0.15, 0.2) is 30.3 Å². The maximum absolute atomic E-state index is 12.0. The first-order chi connectivity index (χ1) is 12.2. The summed E-state index contributed by atoms with van der Waals surface area (Å²) in [4.78, 5) is 14.4. The molecular formula is C19H28N2O4. The topological polar surface area (TPSA) is 71.0 Å². The summed E-state index contributed by atoms with van der Waals surface area (Å²) < 4.78 is 10.6. The molecule has 6 nitrogen and oxygen atoms in total. The third-order valence-electron chi connectivity index (χ3n) is 5.27. The number of alkyl carbamates (subject to hydrolysis) is 1. The van der Waals surface area contributed by atoms with Gasteiger partial charge in [0.15, 0.2) is 0 Å². The molecule has 138 valence electrons. The zero-order chi connectivity index (χ0) is 17.6. The molecule has 2 saturated heterocycles. The average molecular weight is 348 g/mol. The second-order valence-corrected chi connectivity index (χ2v) is 6.88. The standard InChI is InChI=1S/C19H28N2O4/c1-24-12-11-20-19(23)25-18-10-8-15-17(22)9-7-16(18)21(15)13-14-5-3-2-4-6-14/h2-6,15-18,22H,7-13H2,1H3,(H,20,23)/t15-,16-,17-,18-/m1/s1. The zero-order valence-corrected chi connectivity index (χ0v) is 14.8. The molecule has 2 N–H and O–H groups in total. The Morgan fingerprint density at radius 3 is 2.72 bits per heavy atom. The molecule has 3 rings (SSSR count). The minimum Gasteiger partial charge on any atom is -0.445 e. The van der Waals surface area contributed by atoms with E-state index in [1.54, 1.807) is 7.11 Å². The number of benzene rings is 1. The predicted molar refractivity (Wildman–Crippen MR) is 94.2 cm³/mol. The summed E-state index contributed by atoms with van der Waals surface area (Å²) in [5.74, 6) is 0. The van der Waals surface area contributed by atoms with Gasteiger partial charge in [-0.2, -0.15) is 0 Å². The van der Waals surface area contributed by atoms with Crippen LogP contribution in [0.5, 0.6) is 0 Å². The summed E-state index contributed by atoms with van der Waals surface area (Å²) in [6.07, 6.45) is 2.46. The number of nitrogens with zero attached hydrogens (tertiary/aromatic N) is 1. The molecule has 2 fully saturated rings. The van der Waals surface area contributed by atoms with E-state index >= 15 is 0 Å². The molecule has 2 bridgehead atoms. The van der Waals surface area contributed by atoms with Gasteiger partial charge in [0.05, 0.1) is 12.7 Å². The Bertz CT molecular complexity index is 554. The third-order valence-corrected chi connectivity index (χ3v) is 5.27. The largest absolute Gasteiger partial charge is 0.445 e. The number of piperidine rings is 2. The minimum absolute atomic E-state index is 0.130. The quantitative estimate of drug-likeness (QED) is 0.769. The van der Waals surface area contributed by atoms with Gasteiger partial charge in [0, 0.05) is 32.3 Å². The number of hydrogen-bond acceptors (Lipinski definition) is 5. The van der Waals surface area contributed by atoms with Gasteiger partial charge in [0.2, 0.25) is 0 Å². The number of ether oxygens (including phenoxy) is 2. The molecule has 0 unspecified atom stereocenters. The van der Waals surface area contributed by atoms with Gasteiger partial charge in [-0.05, 0) is 31.2 Å². The van der Waals surface area contributed by atoms with Crippen molar-refractivity contribution in [1.29, 1.82) is 0 Å². The lowest BCUT2D eigenvalue weighted by Crippen LogP contribution is -2.61. The van der Waals surface area contributed by atoms with Gasteiger partial charge in [0.1, 0.15) is 6.10 Å². The maximum Gasteiger partial charge on any atom is 0.407 e. The van der Waals surface area contributed by atoms with Crippen LogP contribution >= 0.6 is 0 Å². The second-order valence-electron chi connectivity index (χ2n) is 6.88. The Kier molecular flexibility index (Phi) is 6.29. The van der Waals surface area contributed by atoms with Gasteiger partial charge < -0.3 is 19.9 Å². The van der Waals surface area contributed by atoms with E-state index in [0.717, 1.165) is 32.2 Å². The molecular weight excluding hydrogens is 320 g/mol. The number of aliphatic hydroxyl groups excluding tert-OH is 1. The second kappa shape index (κ2) is 8.65. The minimum atomic E-state index is -0.383. The van der Waals surface area contributed by atoms with Crippen LogP contribution in [0.2, 0.25) is 0 Å². The summed E-state index contributed by atoms with van der Waals surface area (Å²) in [6, 6.07) is 10.6. The van der Waals surface area contributed by atoms with Gasteiger partial charge >= 0.3 is 6.09 Å². The molecule has 1 amide bonds. The van der Waals surface area contributed by atoms with Crippen molar-refractivity contribution in [3.63, 3.8) is 0 Å². The predicted octanol–water partition coefficient (Wildman–Crippen LogP) is 1.92. The van der Waals surface area contributed by atoms with Crippen LogP contribution < -0.4 is 5.32 Å². The number of amides is 1. The third kappa shape index (κ3) is 4.51. The molecule has 4 atom stereocenters. The first kappa shape index (κ1) is 18.2. The molecule has 6 heteroatoms. The Morgan fingerprint density at radius 1 is 1.20 bits per heavy atom. The lowest BCUT2D eigenvalue weighted by Gasteiger charge is -2.51. The Hall–Kier alpha value is -1.63. The number of carbonyl (C=O) groups is 1. The normalized spacial score (nSPS) is 29.2. The number of hydrogen-bond donors (Lipinski definition) is 2. The van der Waals surface area contributed by atoms with Crippen molar-refractivity contribution < 1.29 is 19.4 Å². The monoisotopic (exact) mass is 348 g/mol. The van der Waals surface area contributed by atoms with Gasteiger partial charge in [-0.25, -0.2) is 4.79 Å². The maximum atomic E-state index is 12.0. The van der Waals surface area contributed by atoms with E-state index in [1.807, 2.05) is 18.2 Å². The first-order valence-electron chi connectivity index (χ1n) is 9.10. The van der Waals surface area contributed by atoms with E-state index in [4.69, 9.17) is 9.47 Å². The molecule has 2 aliphatic rings. The Labute approximate surface area is 149 Å². The van der Waals surface area contributed by atoms with Crippen LogP contribution in [0.25, 0.3) is 0 Å². The molecule has 2 aliphatic heterocycles. The van der Waals surface area contributed by atoms with Crippen molar-refractivity contribution >= 4 is 6.09 Å². The highest BCUT2D eigenvalue weighted by Crippen LogP contribution is 2.36. The van der Waals surface area contributed by atoms with Crippen LogP contribution in [0.4, 0.5) is 4.79 Å². The van der Waals surface area contributed by atoms with Crippen molar-refractivity contribution in [2.45, 2.75) is 56.5 Å². The van der Waals surface area contributed by atoms with Gasteiger partial charge in [-0.1, -0.05) is 30.3 Å². The van der Waals surface area contributed by atoms with E-state index in [2.05, 4.69) is 22.3 Å². The van der Waals surface area contributed by atoms with Crippen LogP contribution in [0, 0.1) is 0 Å². The molecule has 0 saturated carbocycles. The van der Waals surface area contributed by atoms with Crippen LogP contribution in [-0.2, 0) is 16.0 Å². The molecule has 25 heavy (non-hydrogen) atoms. The van der Waals surface area contributed by atoms with E-state index in [9.17, 15) is 9.90 Å². The fourth-order valence-corrected chi connectivity index (χ4v) is 4.05. The number of rotatable bonds is 6. The van der Waals surface area contributed by atoms with E-state index in [1.165, 1.54) is 5.56 Å². The highest BCUT2D eigenvalue weighted by atomic mass is 16.6. The van der Waals surface area contributed by atoms with Crippen molar-refractivity contribution in [1.82, 2.24) is 10.2 Å². The summed E-state index contributed by atoms with van der Waals surface area (Å²) in [5.41, 5.74) is 1.22. The highest BCUT2D eigenvalue weighted by Gasteiger charge is 2.45. The van der Waals surface area contributed by atoms with Crippen LogP contribution in [0.1, 0.15) is 31.2 Å². The lowest BCUT2D eigenvalue weighted by atomic mass is 9.80. The molecule has 1 aromatic rings. The van der Waals surface area contributed by atoms with Crippen molar-refractivity contribution in [3.8, 4) is 0 Å². The van der Waals surface area contributed by atoms with Crippen LogP contribution in [0.3, 0.4) is 0 Å². The number of fused-ring (bicyclic) bond motifs is 2. The molecule has 0 radical (unpaired) electrons. The SMILES string of the molecule is COCCNC(=O)O[C@@H]1CC[C@@H]2[C@H](O)CC[C@H]1N2Cc1ccccc1. The summed E-state index contributed by atoms with van der Waals surface area (Å²) in [7, 11) is 1.60. The zero-order valence-electron chi connectivity index (χ0n) is 14.8. The smallest absolute Gasteiger partial charge is 0.407 e. The lowest BCUT2D eigenvalue weighted by molar-refractivity contribution is -0.104. The average Bonchev–Trinajstić information content (AvgIpc) is 2.61. The fraction of sp³-hybridized carbons (Fsp3) is 0.632. The summed E-state index contributed by atoms with van der Waals surface area (Å²) in [6.45, 7) is 1.69. The number of methoxy groups -OCH3 is 1. The van der Waals surface area contributed by atoms with Gasteiger partial charge in [-0.3, -0.25) is 4.90 Å². The fourth-order valence-electron chi connectivity index (χ4n) is 4.05. The summed E-state index contributed by atoms with van der Waals surface area (Å²) in [5, 5.41) is 13.1. The van der Waals surface area contributed by atoms with Crippen molar-refractivity contribution in [2.75, 3.05) is 20.3 Å². The van der Waals surface area contributed by atoms with Gasteiger partial charge in [-0.15, -0.1) is 0 Å². The van der Waals surface area contributed by atoms with E-state index in [0.29, 0.717) is 13.2 Å². The summed E-state index contributed by atoms with van der Waals surface area (Å²) >= 11 is 0. The van der Waals surface area contributed by atoms with Crippen LogP contribution in [-0.4, -0.2) is 60.7 Å². The number of carbonyl (C=O) groups excluding carboxylic acids is 1. The molecule has 1 aromatic carbocycles. The molecule has 0 spiro atoms. The highest BCUT2D eigenvalue weighted by molar-refractivity contribution is 5.67. The van der Waals surface area contributed by atoms with E-state index in [-0.39, 0.29) is 30.4 Å². The van der Waals surface area contributed by atoms with Crippen molar-refractivity contribution in [2.24, 2.45) is 0 Å². The Morgan fingerprint density at radius 2 is 1.96 bits per heavy atom. The number of aliphatic hydroxyl groups is 1. The molecule has 0 aliphatic carbocycles. The molecule has 2 heterocycles. The first-order valence-corrected chi connectivity index (χ1v) is 9.10. The van der Waals surface area contributed by atoms with Gasteiger partial charge in [0.25, 0.3) is 0 Å².